The van der Waals surface area contributed by atoms with Crippen molar-refractivity contribution in [3.8, 4) is 6.07 Å². The maximum absolute atomic E-state index is 11.7. The fourth-order valence-electron chi connectivity index (χ4n) is 1.35. The lowest BCUT2D eigenvalue weighted by Crippen LogP contribution is -2.18. The number of nitrogens with zero attached hydrogens (tertiary/aromatic N) is 1. The first-order valence-corrected chi connectivity index (χ1v) is 6.85. The molecular weight excluding hydrogens is 238 g/mol. The highest BCUT2D eigenvalue weighted by atomic mass is 32.2. The number of aryl methyl sites for hydroxylation is 2. The third-order valence-corrected chi connectivity index (χ3v) is 3.74. The third kappa shape index (κ3) is 3.68. The summed E-state index contributed by atoms with van der Waals surface area (Å²) in [7, 11) is -3.61. The van der Waals surface area contributed by atoms with E-state index in [9.17, 15) is 13.2 Å². The van der Waals surface area contributed by atoms with Crippen molar-refractivity contribution < 1.29 is 13.2 Å². The lowest BCUT2D eigenvalue weighted by atomic mass is 10.0. The van der Waals surface area contributed by atoms with Gasteiger partial charge >= 0.3 is 0 Å². The molecule has 0 radical (unpaired) electrons. The van der Waals surface area contributed by atoms with Crippen molar-refractivity contribution in [2.45, 2.75) is 13.8 Å². The minimum Gasteiger partial charge on any atom is -0.293 e. The molecule has 4 nitrogen and oxygen atoms in total. The van der Waals surface area contributed by atoms with Crippen LogP contribution < -0.4 is 0 Å². The maximum atomic E-state index is 11.7. The van der Waals surface area contributed by atoms with Gasteiger partial charge in [0.1, 0.15) is 11.5 Å². The molecule has 0 unspecified atom stereocenters. The second-order valence-corrected chi connectivity index (χ2v) is 5.98. The minimum absolute atomic E-state index is 0.370. The number of carbonyl (C=O) groups is 1. The normalized spacial score (nSPS) is 10.9. The molecule has 0 bridgehead atoms. The topological polar surface area (TPSA) is 75.0 Å². The number of hydrogen-bond donors (Lipinski definition) is 0. The Labute approximate surface area is 101 Å². The molecule has 1 aromatic rings. The molecule has 5 heteroatoms. The molecule has 0 heterocycles. The van der Waals surface area contributed by atoms with E-state index in [2.05, 4.69) is 0 Å². The van der Waals surface area contributed by atoms with Crippen LogP contribution in [0.2, 0.25) is 0 Å². The van der Waals surface area contributed by atoms with Gasteiger partial charge in [0.15, 0.2) is 15.6 Å². The number of benzene rings is 1. The smallest absolute Gasteiger partial charge is 0.177 e. The lowest BCUT2D eigenvalue weighted by molar-refractivity contribution is 0.102. The van der Waals surface area contributed by atoms with Gasteiger partial charge in [0.05, 0.1) is 6.07 Å². The van der Waals surface area contributed by atoms with E-state index in [1.54, 1.807) is 24.3 Å². The van der Waals surface area contributed by atoms with E-state index >= 15 is 0 Å². The van der Waals surface area contributed by atoms with Gasteiger partial charge < -0.3 is 0 Å². The summed E-state index contributed by atoms with van der Waals surface area (Å²) in [4.78, 5) is 11.7. The van der Waals surface area contributed by atoms with Crippen LogP contribution in [0.1, 0.15) is 21.5 Å². The number of carbonyl (C=O) groups excluding carboxylic acids is 1. The second-order valence-electron chi connectivity index (χ2n) is 3.91. The number of ketones is 1. The van der Waals surface area contributed by atoms with Crippen molar-refractivity contribution in [2.75, 3.05) is 11.5 Å². The molecule has 17 heavy (non-hydrogen) atoms. The molecule has 0 amide bonds. The van der Waals surface area contributed by atoms with E-state index in [-0.39, 0.29) is 0 Å². The molecule has 0 N–H and O–H groups in total. The van der Waals surface area contributed by atoms with Crippen LogP contribution in [0.25, 0.3) is 0 Å². The standard InChI is InChI=1S/C12H13NO3S/c1-9-3-4-11(7-10(9)2)12(14)8-17(15,16)6-5-13/h3-4,7H,6,8H2,1-2H3. The zero-order valence-corrected chi connectivity index (χ0v) is 10.5. The van der Waals surface area contributed by atoms with E-state index in [0.29, 0.717) is 5.56 Å². The molecule has 0 aliphatic rings. The fraction of sp³-hybridized carbons (Fsp3) is 0.333. The van der Waals surface area contributed by atoms with Gasteiger partial charge in [0.25, 0.3) is 0 Å². The van der Waals surface area contributed by atoms with Gasteiger partial charge in [-0.15, -0.1) is 0 Å². The Balaban J connectivity index is 2.92. The largest absolute Gasteiger partial charge is 0.293 e. The summed E-state index contributed by atoms with van der Waals surface area (Å²) in [6.45, 7) is 3.77. The quantitative estimate of drug-likeness (QED) is 0.758. The van der Waals surface area contributed by atoms with E-state index in [4.69, 9.17) is 5.26 Å². The summed E-state index contributed by atoms with van der Waals surface area (Å²) >= 11 is 0. The number of Topliss-reactive ketones (excluding diaryl/α,β-unsaturated/α-hetero) is 1. The average molecular weight is 251 g/mol. The van der Waals surface area contributed by atoms with Crippen molar-refractivity contribution in [1.29, 1.82) is 5.26 Å². The fourth-order valence-corrected chi connectivity index (χ4v) is 2.21. The molecule has 0 fully saturated rings. The van der Waals surface area contributed by atoms with Crippen LogP contribution in [-0.4, -0.2) is 25.7 Å². The Morgan fingerprint density at radius 1 is 1.29 bits per heavy atom. The zero-order valence-electron chi connectivity index (χ0n) is 9.73. The van der Waals surface area contributed by atoms with Gasteiger partial charge in [-0.05, 0) is 31.0 Å². The maximum Gasteiger partial charge on any atom is 0.177 e. The molecule has 0 spiro atoms. The third-order valence-electron chi connectivity index (χ3n) is 2.46. The van der Waals surface area contributed by atoms with Crippen LogP contribution in [0.4, 0.5) is 0 Å². The Hall–Kier alpha value is -1.67. The zero-order chi connectivity index (χ0) is 13.1. The van der Waals surface area contributed by atoms with E-state index in [1.807, 2.05) is 13.8 Å². The molecule has 0 aliphatic heterocycles. The minimum atomic E-state index is -3.61. The first kappa shape index (κ1) is 13.4. The van der Waals surface area contributed by atoms with Crippen LogP contribution in [0.5, 0.6) is 0 Å². The molecule has 90 valence electrons. The van der Waals surface area contributed by atoms with Crippen molar-refractivity contribution >= 4 is 15.6 Å². The summed E-state index contributed by atoms with van der Waals surface area (Å²) < 4.78 is 22.6. The molecular formula is C12H13NO3S. The van der Waals surface area contributed by atoms with Crippen LogP contribution in [0.15, 0.2) is 18.2 Å². The number of sulfone groups is 1. The summed E-state index contributed by atoms with van der Waals surface area (Å²) in [6, 6.07) is 6.59. The van der Waals surface area contributed by atoms with E-state index in [0.717, 1.165) is 11.1 Å². The van der Waals surface area contributed by atoms with Crippen molar-refractivity contribution in [1.82, 2.24) is 0 Å². The highest BCUT2D eigenvalue weighted by Gasteiger charge is 2.17. The Morgan fingerprint density at radius 3 is 2.47 bits per heavy atom. The summed E-state index contributed by atoms with van der Waals surface area (Å²) in [6.07, 6.45) is 0. The Kier molecular flexibility index (Phi) is 4.02. The van der Waals surface area contributed by atoms with Crippen molar-refractivity contribution in [2.24, 2.45) is 0 Å². The van der Waals surface area contributed by atoms with Crippen molar-refractivity contribution in [3.05, 3.63) is 34.9 Å². The van der Waals surface area contributed by atoms with E-state index in [1.165, 1.54) is 0 Å². The van der Waals surface area contributed by atoms with Gasteiger partial charge in [-0.1, -0.05) is 12.1 Å². The number of hydrogen-bond acceptors (Lipinski definition) is 4. The van der Waals surface area contributed by atoms with Gasteiger partial charge in [0, 0.05) is 5.56 Å². The first-order chi connectivity index (χ1) is 7.85. The summed E-state index contributed by atoms with van der Waals surface area (Å²) in [5.41, 5.74) is 2.35. The van der Waals surface area contributed by atoms with E-state index < -0.39 is 27.1 Å². The molecule has 0 saturated carbocycles. The van der Waals surface area contributed by atoms with Crippen LogP contribution in [0.3, 0.4) is 0 Å². The van der Waals surface area contributed by atoms with Gasteiger partial charge in [-0.25, -0.2) is 8.42 Å². The molecule has 0 aliphatic carbocycles. The average Bonchev–Trinajstić information content (AvgIpc) is 2.21. The summed E-state index contributed by atoms with van der Waals surface area (Å²) in [5, 5.41) is 8.33. The Morgan fingerprint density at radius 2 is 1.94 bits per heavy atom. The Bertz CT molecular complexity index is 582. The van der Waals surface area contributed by atoms with Gasteiger partial charge in [-0.2, -0.15) is 5.26 Å². The lowest BCUT2D eigenvalue weighted by Gasteiger charge is -2.04. The van der Waals surface area contributed by atoms with Crippen LogP contribution in [-0.2, 0) is 9.84 Å². The number of rotatable bonds is 4. The first-order valence-electron chi connectivity index (χ1n) is 5.03. The molecule has 0 atom stereocenters. The van der Waals surface area contributed by atoms with Crippen LogP contribution in [0, 0.1) is 25.2 Å². The highest BCUT2D eigenvalue weighted by Crippen LogP contribution is 2.11. The monoisotopic (exact) mass is 251 g/mol. The predicted molar refractivity (Wildman–Crippen MR) is 64.5 cm³/mol. The SMILES string of the molecule is Cc1ccc(C(=O)CS(=O)(=O)CC#N)cc1C. The summed E-state index contributed by atoms with van der Waals surface area (Å²) in [5.74, 6) is -1.70. The highest BCUT2D eigenvalue weighted by molar-refractivity contribution is 7.92. The van der Waals surface area contributed by atoms with Gasteiger partial charge in [-0.3, -0.25) is 4.79 Å². The molecule has 0 aromatic heterocycles. The predicted octanol–water partition coefficient (Wildman–Crippen LogP) is 1.42. The number of nitriles is 1. The molecule has 1 rings (SSSR count). The van der Waals surface area contributed by atoms with Gasteiger partial charge in [0.2, 0.25) is 0 Å². The van der Waals surface area contributed by atoms with Crippen molar-refractivity contribution in [3.63, 3.8) is 0 Å². The molecule has 0 saturated heterocycles. The van der Waals surface area contributed by atoms with Crippen LogP contribution >= 0.6 is 0 Å². The molecule has 1 aromatic carbocycles. The second kappa shape index (κ2) is 5.11.